The average Bonchev–Trinajstić information content (AvgIpc) is 3.36. The van der Waals surface area contributed by atoms with E-state index in [0.717, 1.165) is 35.3 Å². The van der Waals surface area contributed by atoms with Crippen LogP contribution in [-0.4, -0.2) is 111 Å². The molecule has 4 N–H and O–H groups in total. The highest BCUT2D eigenvalue weighted by Crippen LogP contribution is 2.61. The van der Waals surface area contributed by atoms with Crippen LogP contribution in [0.25, 0.3) is 11.1 Å². The number of methoxy groups -OCH3 is 1. The van der Waals surface area contributed by atoms with Crippen LogP contribution in [-0.2, 0) is 11.3 Å². The molecule has 1 saturated heterocycles. The lowest BCUT2D eigenvalue weighted by Gasteiger charge is -2.62. The Kier molecular flexibility index (Phi) is 10.8. The molecule has 264 valence electrons. The zero-order valence-corrected chi connectivity index (χ0v) is 30.3. The number of likely N-dealkylation sites (N-methyl/N-ethyl adjacent to an activating group) is 1. The fourth-order valence-electron chi connectivity index (χ4n) is 8.67. The maximum atomic E-state index is 14.1. The van der Waals surface area contributed by atoms with Crippen LogP contribution in [0.5, 0.6) is 5.75 Å². The lowest BCUT2D eigenvalue weighted by Crippen LogP contribution is -2.62. The maximum Gasteiger partial charge on any atom is 0.251 e. The van der Waals surface area contributed by atoms with E-state index in [2.05, 4.69) is 31.4 Å². The van der Waals surface area contributed by atoms with E-state index >= 15 is 0 Å². The molecule has 4 fully saturated rings. The Hall–Kier alpha value is -3.18. The number of hydrogen-bond acceptors (Lipinski definition) is 8. The number of anilines is 1. The number of carbonyl (C=O) groups excluding carboxylic acids is 2. The van der Waals surface area contributed by atoms with Gasteiger partial charge in [0.2, 0.25) is 5.91 Å². The SMILES string of the molecule is COc1c(CN2C[C@H](O)[C@@H]([C@H](C)O)[C@H]2C(=O)N[C@@H]2C[C@H]3C[C@@H]([C@@H]2C)C3(C)C)cccc1-c1cc(C(=O)NCCN(C)C)cc(N(C)C)c1. The number of rotatable bonds is 12. The van der Waals surface area contributed by atoms with Gasteiger partial charge in [-0.25, -0.2) is 0 Å². The molecule has 1 aliphatic heterocycles. The lowest BCUT2D eigenvalue weighted by atomic mass is 9.45. The van der Waals surface area contributed by atoms with E-state index in [1.54, 1.807) is 14.0 Å². The number of fused-ring (bicyclic) bond motifs is 2. The zero-order valence-electron chi connectivity index (χ0n) is 30.3. The van der Waals surface area contributed by atoms with Crippen LogP contribution >= 0.6 is 0 Å². The first-order valence-corrected chi connectivity index (χ1v) is 17.5. The monoisotopic (exact) mass is 663 g/mol. The van der Waals surface area contributed by atoms with Gasteiger partial charge in [-0.05, 0) is 80.8 Å². The van der Waals surface area contributed by atoms with Crippen LogP contribution in [0.2, 0.25) is 0 Å². The molecule has 1 heterocycles. The Morgan fingerprint density at radius 3 is 2.46 bits per heavy atom. The van der Waals surface area contributed by atoms with Crippen molar-refractivity contribution in [2.45, 2.75) is 71.4 Å². The number of carbonyl (C=O) groups is 2. The number of β-amino-alcohol motifs (C(OH)–C–C–N with tert-alkyl or cyclic N) is 1. The first kappa shape index (κ1) is 36.1. The zero-order chi connectivity index (χ0) is 35.1. The molecular weight excluding hydrogens is 606 g/mol. The first-order chi connectivity index (χ1) is 22.6. The Morgan fingerprint density at radius 1 is 1.12 bits per heavy atom. The Labute approximate surface area is 286 Å². The number of aliphatic hydroxyl groups excluding tert-OH is 2. The van der Waals surface area contributed by atoms with Crippen LogP contribution in [0.4, 0.5) is 5.69 Å². The van der Waals surface area contributed by atoms with E-state index in [0.29, 0.717) is 47.6 Å². The minimum atomic E-state index is -0.860. The van der Waals surface area contributed by atoms with Gasteiger partial charge in [-0.3, -0.25) is 14.5 Å². The summed E-state index contributed by atoms with van der Waals surface area (Å²) in [7, 11) is 9.46. The molecule has 3 saturated carbocycles. The summed E-state index contributed by atoms with van der Waals surface area (Å²) in [4.78, 5) is 33.3. The summed E-state index contributed by atoms with van der Waals surface area (Å²) in [5.41, 5.74) is 4.26. The molecule has 10 heteroatoms. The second-order valence-corrected chi connectivity index (χ2v) is 15.6. The molecule has 0 radical (unpaired) electrons. The lowest BCUT2D eigenvalue weighted by molar-refractivity contribution is -0.139. The summed E-state index contributed by atoms with van der Waals surface area (Å²) in [6, 6.07) is 11.1. The Morgan fingerprint density at radius 2 is 1.85 bits per heavy atom. The van der Waals surface area contributed by atoms with Crippen molar-refractivity contribution in [2.75, 3.05) is 59.8 Å². The van der Waals surface area contributed by atoms with Gasteiger partial charge in [-0.15, -0.1) is 0 Å². The van der Waals surface area contributed by atoms with E-state index < -0.39 is 24.2 Å². The summed E-state index contributed by atoms with van der Waals surface area (Å²) in [6.45, 7) is 10.5. The van der Waals surface area contributed by atoms with Crippen LogP contribution < -0.4 is 20.3 Å². The summed E-state index contributed by atoms with van der Waals surface area (Å²) < 4.78 is 6.04. The molecule has 4 aliphatic rings. The van der Waals surface area contributed by atoms with Crippen molar-refractivity contribution < 1.29 is 24.5 Å². The number of ether oxygens (including phenoxy) is 1. The van der Waals surface area contributed by atoms with E-state index in [-0.39, 0.29) is 24.4 Å². The van der Waals surface area contributed by atoms with Gasteiger partial charge in [0.25, 0.3) is 5.91 Å². The molecule has 6 rings (SSSR count). The largest absolute Gasteiger partial charge is 0.496 e. The number of aliphatic hydroxyl groups is 2. The van der Waals surface area contributed by atoms with Gasteiger partial charge >= 0.3 is 0 Å². The van der Waals surface area contributed by atoms with Gasteiger partial charge in [-0.2, -0.15) is 0 Å². The van der Waals surface area contributed by atoms with Crippen molar-refractivity contribution in [3.8, 4) is 16.9 Å². The van der Waals surface area contributed by atoms with E-state index in [1.807, 2.05) is 79.3 Å². The van der Waals surface area contributed by atoms with Crippen LogP contribution in [0.1, 0.15) is 56.5 Å². The molecule has 0 spiro atoms. The van der Waals surface area contributed by atoms with Gasteiger partial charge in [0, 0.05) is 74.6 Å². The highest BCUT2D eigenvalue weighted by Gasteiger charge is 2.57. The molecule has 8 atom stereocenters. The van der Waals surface area contributed by atoms with Crippen molar-refractivity contribution >= 4 is 17.5 Å². The van der Waals surface area contributed by atoms with Crippen LogP contribution in [0.3, 0.4) is 0 Å². The first-order valence-electron chi connectivity index (χ1n) is 17.5. The topological polar surface area (TPSA) is 118 Å². The maximum absolute atomic E-state index is 14.1. The van der Waals surface area contributed by atoms with Gasteiger partial charge < -0.3 is 35.4 Å². The van der Waals surface area contributed by atoms with E-state index in [9.17, 15) is 19.8 Å². The van der Waals surface area contributed by atoms with Crippen LogP contribution in [0.15, 0.2) is 36.4 Å². The third kappa shape index (κ3) is 7.08. The van der Waals surface area contributed by atoms with Crippen molar-refractivity contribution in [3.63, 3.8) is 0 Å². The fourth-order valence-corrected chi connectivity index (χ4v) is 8.67. The third-order valence-electron chi connectivity index (χ3n) is 11.7. The van der Waals surface area contributed by atoms with Crippen molar-refractivity contribution in [1.82, 2.24) is 20.4 Å². The Balaban J connectivity index is 1.42. The standard InChI is InChI=1S/C38H57N5O5/c1-22-30-18-27(38(30,3)4)19-31(22)40-37(47)34-33(23(2)44)32(45)21-43(34)20-24-11-10-12-29(35(24)48-9)25-15-26(17-28(16-25)42(7)8)36(46)39-13-14-41(5)6/h10-12,15-17,22-23,27,30-34,44-45H,13-14,18-21H2,1-9H3,(H,39,46)(H,40,47)/t22-,23-,27+,30-,31+,32-,33+,34-/m0/s1. The van der Waals surface area contributed by atoms with E-state index in [1.165, 1.54) is 6.42 Å². The summed E-state index contributed by atoms with van der Waals surface area (Å²) >= 11 is 0. The summed E-state index contributed by atoms with van der Waals surface area (Å²) in [5, 5.41) is 28.3. The minimum Gasteiger partial charge on any atom is -0.496 e. The molecule has 0 unspecified atom stereocenters. The highest BCUT2D eigenvalue weighted by atomic mass is 16.5. The number of likely N-dealkylation sites (tertiary alicyclic amines) is 1. The molecule has 3 aliphatic carbocycles. The quantitative estimate of drug-likeness (QED) is 0.273. The third-order valence-corrected chi connectivity index (χ3v) is 11.7. The number of amides is 2. The fraction of sp³-hybridized carbons (Fsp3) is 0.632. The van der Waals surface area contributed by atoms with Crippen molar-refractivity contribution in [3.05, 3.63) is 47.5 Å². The van der Waals surface area contributed by atoms with Crippen molar-refractivity contribution in [1.29, 1.82) is 0 Å². The number of para-hydroxylation sites is 1. The Bertz CT molecular complexity index is 1480. The normalized spacial score (nSPS) is 28.5. The number of nitrogens with zero attached hydrogens (tertiary/aromatic N) is 3. The predicted molar refractivity (Wildman–Crippen MR) is 190 cm³/mol. The van der Waals surface area contributed by atoms with Crippen LogP contribution in [0, 0.1) is 29.1 Å². The summed E-state index contributed by atoms with van der Waals surface area (Å²) in [6.07, 6.45) is 0.474. The molecule has 2 aromatic rings. The van der Waals surface area contributed by atoms with E-state index in [4.69, 9.17) is 4.74 Å². The summed E-state index contributed by atoms with van der Waals surface area (Å²) in [5.74, 6) is 1.31. The van der Waals surface area contributed by atoms with Crippen molar-refractivity contribution in [2.24, 2.45) is 29.1 Å². The smallest absolute Gasteiger partial charge is 0.251 e. The highest BCUT2D eigenvalue weighted by molar-refractivity contribution is 5.97. The molecule has 2 amide bonds. The van der Waals surface area contributed by atoms with Gasteiger partial charge in [0.15, 0.2) is 0 Å². The second-order valence-electron chi connectivity index (χ2n) is 15.6. The molecule has 2 aromatic carbocycles. The van der Waals surface area contributed by atoms with Gasteiger partial charge in [0.1, 0.15) is 5.75 Å². The molecular formula is C38H57N5O5. The molecule has 10 nitrogen and oxygen atoms in total. The van der Waals surface area contributed by atoms with Gasteiger partial charge in [0.05, 0.1) is 25.4 Å². The molecule has 0 aromatic heterocycles. The number of hydrogen-bond donors (Lipinski definition) is 4. The molecule has 48 heavy (non-hydrogen) atoms. The number of nitrogens with one attached hydrogen (secondary N) is 2. The average molecular weight is 664 g/mol. The minimum absolute atomic E-state index is 0.0830. The number of benzene rings is 2. The molecule has 2 bridgehead atoms. The van der Waals surface area contributed by atoms with Gasteiger partial charge in [-0.1, -0.05) is 39.0 Å². The second kappa shape index (κ2) is 14.4. The predicted octanol–water partition coefficient (Wildman–Crippen LogP) is 3.45.